The van der Waals surface area contributed by atoms with Crippen molar-refractivity contribution in [1.82, 2.24) is 0 Å². The molecule has 2 nitrogen and oxygen atoms in total. The van der Waals surface area contributed by atoms with E-state index in [2.05, 4.69) is 18.8 Å². The Bertz CT molecular complexity index is 331. The first-order chi connectivity index (χ1) is 10.8. The van der Waals surface area contributed by atoms with Crippen LogP contribution in [0.25, 0.3) is 0 Å². The molecule has 1 aliphatic rings. The van der Waals surface area contributed by atoms with Gasteiger partial charge in [-0.25, -0.2) is 0 Å². The molecule has 0 spiro atoms. The quantitative estimate of drug-likeness (QED) is 0.280. The van der Waals surface area contributed by atoms with Crippen LogP contribution in [0, 0.1) is 17.8 Å². The van der Waals surface area contributed by atoms with Crippen LogP contribution < -0.4 is 0 Å². The van der Waals surface area contributed by atoms with Crippen molar-refractivity contribution in [3.05, 3.63) is 0 Å². The van der Waals surface area contributed by atoms with E-state index in [1.165, 1.54) is 57.8 Å². The van der Waals surface area contributed by atoms with Gasteiger partial charge in [0.15, 0.2) is 0 Å². The number of hydrogen-bond acceptors (Lipinski definition) is 2. The third-order valence-electron chi connectivity index (χ3n) is 4.49. The number of hydrogen-bond donors (Lipinski definition) is 0. The highest BCUT2D eigenvalue weighted by Crippen LogP contribution is 2.28. The first-order valence-corrected chi connectivity index (χ1v) is 9.44. The zero-order valence-corrected chi connectivity index (χ0v) is 14.5. The number of rotatable bonds is 11. The topological polar surface area (TPSA) is 26.3 Å². The Hall–Kier alpha value is -0.970. The van der Waals surface area contributed by atoms with Gasteiger partial charge in [0, 0.05) is 19.3 Å². The van der Waals surface area contributed by atoms with Crippen molar-refractivity contribution in [2.45, 2.75) is 96.8 Å². The Labute approximate surface area is 137 Å². The van der Waals surface area contributed by atoms with E-state index in [4.69, 9.17) is 4.74 Å². The lowest BCUT2D eigenvalue weighted by atomic mass is 10.0. The molecule has 0 amide bonds. The third-order valence-corrected chi connectivity index (χ3v) is 4.49. The fourth-order valence-electron chi connectivity index (χ4n) is 3.12. The molecule has 0 bridgehead atoms. The lowest BCUT2D eigenvalue weighted by Crippen LogP contribution is -2.07. The average molecular weight is 306 g/mol. The van der Waals surface area contributed by atoms with E-state index in [1.54, 1.807) is 0 Å². The second-order valence-corrected chi connectivity index (χ2v) is 6.49. The van der Waals surface area contributed by atoms with Crippen LogP contribution in [0.2, 0.25) is 0 Å². The summed E-state index contributed by atoms with van der Waals surface area (Å²) >= 11 is 0. The average Bonchev–Trinajstić information content (AvgIpc) is 3.04. The maximum atomic E-state index is 11.6. The highest BCUT2D eigenvalue weighted by molar-refractivity contribution is 5.69. The molecular weight excluding hydrogens is 272 g/mol. The highest BCUT2D eigenvalue weighted by Gasteiger charge is 2.16. The minimum atomic E-state index is 0.0152. The van der Waals surface area contributed by atoms with E-state index in [0.717, 1.165) is 31.6 Å². The molecule has 2 heteroatoms. The summed E-state index contributed by atoms with van der Waals surface area (Å²) in [5, 5.41) is 0. The van der Waals surface area contributed by atoms with Gasteiger partial charge >= 0.3 is 5.97 Å². The molecule has 0 saturated heterocycles. The first kappa shape index (κ1) is 19.1. The zero-order chi connectivity index (χ0) is 15.9. The van der Waals surface area contributed by atoms with Gasteiger partial charge in [0.2, 0.25) is 0 Å². The Morgan fingerprint density at radius 1 is 1.00 bits per heavy atom. The zero-order valence-electron chi connectivity index (χ0n) is 14.5. The predicted molar refractivity (Wildman–Crippen MR) is 92.5 cm³/mol. The minimum Gasteiger partial charge on any atom is -0.466 e. The Morgan fingerprint density at radius 2 is 1.68 bits per heavy atom. The molecule has 0 radical (unpaired) electrons. The van der Waals surface area contributed by atoms with Crippen LogP contribution in [0.15, 0.2) is 0 Å². The molecule has 1 aliphatic carbocycles. The monoisotopic (exact) mass is 306 g/mol. The van der Waals surface area contributed by atoms with Crippen LogP contribution >= 0.6 is 0 Å². The number of esters is 1. The van der Waals surface area contributed by atoms with Gasteiger partial charge in [0.1, 0.15) is 0 Å². The second-order valence-electron chi connectivity index (χ2n) is 6.49. The van der Waals surface area contributed by atoms with Crippen LogP contribution in [0.1, 0.15) is 96.8 Å². The molecule has 0 N–H and O–H groups in total. The molecule has 0 atom stereocenters. The van der Waals surface area contributed by atoms with Crippen LogP contribution in [-0.2, 0) is 9.53 Å². The van der Waals surface area contributed by atoms with Gasteiger partial charge in [0.25, 0.3) is 0 Å². The summed E-state index contributed by atoms with van der Waals surface area (Å²) in [7, 11) is 0. The van der Waals surface area contributed by atoms with Crippen LogP contribution in [0.4, 0.5) is 0 Å². The van der Waals surface area contributed by atoms with E-state index in [1.807, 2.05) is 0 Å². The number of carbonyl (C=O) groups is 1. The van der Waals surface area contributed by atoms with Crippen molar-refractivity contribution in [3.8, 4) is 11.8 Å². The van der Waals surface area contributed by atoms with Crippen molar-refractivity contribution >= 4 is 5.97 Å². The molecule has 22 heavy (non-hydrogen) atoms. The van der Waals surface area contributed by atoms with E-state index in [-0.39, 0.29) is 5.97 Å². The van der Waals surface area contributed by atoms with Crippen molar-refractivity contribution in [2.75, 3.05) is 6.61 Å². The summed E-state index contributed by atoms with van der Waals surface area (Å²) in [5.41, 5.74) is 0. The lowest BCUT2D eigenvalue weighted by molar-refractivity contribution is -0.144. The molecular formula is C20H34O2. The molecule has 0 aromatic carbocycles. The molecule has 0 aromatic rings. The van der Waals surface area contributed by atoms with E-state index in [0.29, 0.717) is 13.0 Å². The summed E-state index contributed by atoms with van der Waals surface area (Å²) in [5.74, 6) is 7.09. The van der Waals surface area contributed by atoms with Gasteiger partial charge in [-0.3, -0.25) is 4.79 Å². The van der Waals surface area contributed by atoms with Gasteiger partial charge in [-0.05, 0) is 25.2 Å². The SMILES string of the molecule is CCC#CCCCCCCCCOC(=O)CCC1CCCC1. The summed E-state index contributed by atoms with van der Waals surface area (Å²) in [4.78, 5) is 11.6. The van der Waals surface area contributed by atoms with Crippen molar-refractivity contribution in [1.29, 1.82) is 0 Å². The summed E-state index contributed by atoms with van der Waals surface area (Å²) < 4.78 is 5.32. The number of ether oxygens (including phenoxy) is 1. The Kier molecular flexibility index (Phi) is 11.9. The van der Waals surface area contributed by atoms with Crippen LogP contribution in [0.5, 0.6) is 0 Å². The Morgan fingerprint density at radius 3 is 2.41 bits per heavy atom. The number of carbonyl (C=O) groups excluding carboxylic acids is 1. The summed E-state index contributed by atoms with van der Waals surface area (Å²) in [6.45, 7) is 2.71. The molecule has 1 rings (SSSR count). The van der Waals surface area contributed by atoms with Crippen LogP contribution in [0.3, 0.4) is 0 Å². The highest BCUT2D eigenvalue weighted by atomic mass is 16.5. The maximum Gasteiger partial charge on any atom is 0.305 e. The van der Waals surface area contributed by atoms with E-state index in [9.17, 15) is 4.79 Å². The fourth-order valence-corrected chi connectivity index (χ4v) is 3.12. The van der Waals surface area contributed by atoms with Gasteiger partial charge in [0.05, 0.1) is 6.61 Å². The summed E-state index contributed by atoms with van der Waals surface area (Å²) in [6.07, 6.45) is 16.3. The standard InChI is InChI=1S/C20H34O2/c1-2-3-4-5-6-7-8-9-10-13-18-22-20(21)17-16-19-14-11-12-15-19/h19H,2,5-18H2,1H3. The third kappa shape index (κ3) is 10.7. The molecule has 126 valence electrons. The molecule has 0 aromatic heterocycles. The van der Waals surface area contributed by atoms with Crippen molar-refractivity contribution in [2.24, 2.45) is 5.92 Å². The largest absolute Gasteiger partial charge is 0.466 e. The Balaban J connectivity index is 1.79. The maximum absolute atomic E-state index is 11.6. The van der Waals surface area contributed by atoms with E-state index >= 15 is 0 Å². The lowest BCUT2D eigenvalue weighted by Gasteiger charge is -2.08. The minimum absolute atomic E-state index is 0.0152. The van der Waals surface area contributed by atoms with Crippen molar-refractivity contribution in [3.63, 3.8) is 0 Å². The van der Waals surface area contributed by atoms with Gasteiger partial charge in [-0.1, -0.05) is 58.3 Å². The van der Waals surface area contributed by atoms with Gasteiger partial charge in [-0.2, -0.15) is 0 Å². The smallest absolute Gasteiger partial charge is 0.305 e. The van der Waals surface area contributed by atoms with Crippen molar-refractivity contribution < 1.29 is 9.53 Å². The van der Waals surface area contributed by atoms with Crippen LogP contribution in [-0.4, -0.2) is 12.6 Å². The molecule has 1 fully saturated rings. The second kappa shape index (κ2) is 13.7. The summed E-state index contributed by atoms with van der Waals surface area (Å²) in [6, 6.07) is 0. The predicted octanol–water partition coefficient (Wildman–Crippen LogP) is 5.64. The molecule has 1 saturated carbocycles. The van der Waals surface area contributed by atoms with Gasteiger partial charge < -0.3 is 4.74 Å². The molecule has 0 heterocycles. The molecule has 0 unspecified atom stereocenters. The molecule has 0 aliphatic heterocycles. The van der Waals surface area contributed by atoms with E-state index < -0.39 is 0 Å². The fraction of sp³-hybridized carbons (Fsp3) is 0.850. The normalized spacial score (nSPS) is 14.6. The first-order valence-electron chi connectivity index (χ1n) is 9.44. The van der Waals surface area contributed by atoms with Gasteiger partial charge in [-0.15, -0.1) is 11.8 Å². The number of unbranched alkanes of at least 4 members (excludes halogenated alkanes) is 6.